The van der Waals surface area contributed by atoms with Gasteiger partial charge in [-0.25, -0.2) is 0 Å². The van der Waals surface area contributed by atoms with Gasteiger partial charge in [0.05, 0.1) is 5.41 Å². The first-order chi connectivity index (χ1) is 7.60. The zero-order valence-corrected chi connectivity index (χ0v) is 11.3. The van der Waals surface area contributed by atoms with Crippen molar-refractivity contribution in [2.24, 2.45) is 0 Å². The van der Waals surface area contributed by atoms with Gasteiger partial charge in [0.25, 0.3) is 0 Å². The van der Waals surface area contributed by atoms with Crippen molar-refractivity contribution in [3.8, 4) is 0 Å². The summed E-state index contributed by atoms with van der Waals surface area (Å²) in [6, 6.07) is 8.13. The lowest BCUT2D eigenvalue weighted by atomic mass is 9.94. The van der Waals surface area contributed by atoms with E-state index in [0.717, 1.165) is 29.4 Å². The van der Waals surface area contributed by atoms with Gasteiger partial charge in [-0.2, -0.15) is 0 Å². The van der Waals surface area contributed by atoms with Gasteiger partial charge >= 0.3 is 0 Å². The van der Waals surface area contributed by atoms with E-state index in [1.54, 1.807) is 0 Å². The van der Waals surface area contributed by atoms with Gasteiger partial charge in [0.2, 0.25) is 5.91 Å². The number of nitrogens with zero attached hydrogens (tertiary/aromatic N) is 1. The molecule has 0 bridgehead atoms. The Labute approximate surface area is 105 Å². The van der Waals surface area contributed by atoms with Gasteiger partial charge < -0.3 is 4.90 Å². The Balaban J connectivity index is 2.26. The molecule has 1 amide bonds. The first-order valence-electron chi connectivity index (χ1n) is 5.62. The molecule has 0 spiro atoms. The van der Waals surface area contributed by atoms with E-state index < -0.39 is 0 Å². The maximum atomic E-state index is 12.3. The predicted octanol–water partition coefficient (Wildman–Crippen LogP) is 2.96. The van der Waals surface area contributed by atoms with Gasteiger partial charge in [0.15, 0.2) is 0 Å². The van der Waals surface area contributed by atoms with Crippen LogP contribution in [-0.2, 0) is 10.2 Å². The standard InChI is InChI=1S/C13H16BrNO/c1-3-15(2)12(16)13(8-9-13)10-4-6-11(14)7-5-10/h4-7H,3,8-9H2,1-2H3. The van der Waals surface area contributed by atoms with Crippen LogP contribution in [0, 0.1) is 0 Å². The van der Waals surface area contributed by atoms with E-state index in [9.17, 15) is 4.79 Å². The number of carbonyl (C=O) groups is 1. The minimum Gasteiger partial charge on any atom is -0.345 e. The minimum atomic E-state index is -0.217. The Morgan fingerprint density at radius 2 is 1.94 bits per heavy atom. The molecule has 16 heavy (non-hydrogen) atoms. The molecule has 1 aliphatic rings. The van der Waals surface area contributed by atoms with Gasteiger partial charge in [-0.3, -0.25) is 4.79 Å². The highest BCUT2D eigenvalue weighted by molar-refractivity contribution is 9.10. The number of carbonyl (C=O) groups excluding carboxylic acids is 1. The highest BCUT2D eigenvalue weighted by Gasteiger charge is 2.52. The Morgan fingerprint density at radius 1 is 1.38 bits per heavy atom. The molecule has 1 aliphatic carbocycles. The van der Waals surface area contributed by atoms with Crippen molar-refractivity contribution in [2.45, 2.75) is 25.2 Å². The van der Waals surface area contributed by atoms with Crippen LogP contribution in [0.1, 0.15) is 25.3 Å². The number of hydrogen-bond donors (Lipinski definition) is 0. The summed E-state index contributed by atoms with van der Waals surface area (Å²) in [5, 5.41) is 0. The largest absolute Gasteiger partial charge is 0.345 e. The van der Waals surface area contributed by atoms with Crippen LogP contribution in [0.5, 0.6) is 0 Å². The van der Waals surface area contributed by atoms with Crippen molar-refractivity contribution in [1.82, 2.24) is 4.90 Å². The van der Waals surface area contributed by atoms with Gasteiger partial charge in [-0.05, 0) is 37.5 Å². The van der Waals surface area contributed by atoms with Crippen LogP contribution < -0.4 is 0 Å². The fraction of sp³-hybridized carbons (Fsp3) is 0.462. The third kappa shape index (κ3) is 1.88. The molecular weight excluding hydrogens is 266 g/mol. The summed E-state index contributed by atoms with van der Waals surface area (Å²) >= 11 is 3.42. The third-order valence-electron chi connectivity index (χ3n) is 3.38. The SMILES string of the molecule is CCN(C)C(=O)C1(c2ccc(Br)cc2)CC1. The molecule has 0 unspecified atom stereocenters. The third-order valence-corrected chi connectivity index (χ3v) is 3.91. The Hall–Kier alpha value is -0.830. The summed E-state index contributed by atoms with van der Waals surface area (Å²) in [5.41, 5.74) is 0.937. The van der Waals surface area contributed by atoms with E-state index in [-0.39, 0.29) is 11.3 Å². The molecule has 86 valence electrons. The molecule has 1 aromatic rings. The van der Waals surface area contributed by atoms with Crippen molar-refractivity contribution < 1.29 is 4.79 Å². The zero-order valence-electron chi connectivity index (χ0n) is 9.66. The van der Waals surface area contributed by atoms with Crippen molar-refractivity contribution in [2.75, 3.05) is 13.6 Å². The number of hydrogen-bond acceptors (Lipinski definition) is 1. The molecule has 3 heteroatoms. The fourth-order valence-electron chi connectivity index (χ4n) is 2.03. The summed E-state index contributed by atoms with van der Waals surface area (Å²) in [6.07, 6.45) is 1.97. The minimum absolute atomic E-state index is 0.217. The summed E-state index contributed by atoms with van der Waals surface area (Å²) in [6.45, 7) is 2.78. The van der Waals surface area contributed by atoms with E-state index >= 15 is 0 Å². The van der Waals surface area contributed by atoms with E-state index in [1.807, 2.05) is 31.0 Å². The van der Waals surface area contributed by atoms with Crippen LogP contribution in [0.2, 0.25) is 0 Å². The van der Waals surface area contributed by atoms with Crippen LogP contribution in [0.25, 0.3) is 0 Å². The van der Waals surface area contributed by atoms with Gasteiger partial charge in [0.1, 0.15) is 0 Å². The van der Waals surface area contributed by atoms with Crippen LogP contribution in [0.15, 0.2) is 28.7 Å². The summed E-state index contributed by atoms with van der Waals surface area (Å²) < 4.78 is 1.06. The number of benzene rings is 1. The average Bonchev–Trinajstić information content (AvgIpc) is 3.09. The topological polar surface area (TPSA) is 20.3 Å². The quantitative estimate of drug-likeness (QED) is 0.834. The Morgan fingerprint density at radius 3 is 2.38 bits per heavy atom. The summed E-state index contributed by atoms with van der Waals surface area (Å²) in [4.78, 5) is 14.1. The second-order valence-electron chi connectivity index (χ2n) is 4.41. The highest BCUT2D eigenvalue weighted by Crippen LogP contribution is 2.49. The fourth-order valence-corrected chi connectivity index (χ4v) is 2.29. The second-order valence-corrected chi connectivity index (χ2v) is 5.32. The van der Waals surface area contributed by atoms with Crippen LogP contribution in [0.4, 0.5) is 0 Å². The van der Waals surface area contributed by atoms with Crippen LogP contribution in [-0.4, -0.2) is 24.4 Å². The highest BCUT2D eigenvalue weighted by atomic mass is 79.9. The molecule has 0 aromatic heterocycles. The molecule has 0 N–H and O–H groups in total. The summed E-state index contributed by atoms with van der Waals surface area (Å²) in [7, 11) is 1.88. The molecule has 0 atom stereocenters. The molecular formula is C13H16BrNO. The van der Waals surface area contributed by atoms with Gasteiger partial charge in [0, 0.05) is 18.1 Å². The van der Waals surface area contributed by atoms with Crippen LogP contribution in [0.3, 0.4) is 0 Å². The molecule has 1 fully saturated rings. The van der Waals surface area contributed by atoms with Crippen molar-refractivity contribution in [3.63, 3.8) is 0 Å². The normalized spacial score (nSPS) is 16.9. The predicted molar refractivity (Wildman–Crippen MR) is 68.4 cm³/mol. The monoisotopic (exact) mass is 281 g/mol. The number of likely N-dealkylation sites (N-methyl/N-ethyl adjacent to an activating group) is 1. The Kier molecular flexibility index (Phi) is 3.06. The average molecular weight is 282 g/mol. The van der Waals surface area contributed by atoms with E-state index in [0.29, 0.717) is 0 Å². The van der Waals surface area contributed by atoms with E-state index in [2.05, 4.69) is 28.1 Å². The van der Waals surface area contributed by atoms with Crippen LogP contribution >= 0.6 is 15.9 Å². The Bertz CT molecular complexity index is 395. The second kappa shape index (κ2) is 4.21. The lowest BCUT2D eigenvalue weighted by Crippen LogP contribution is -2.36. The van der Waals surface area contributed by atoms with Gasteiger partial charge in [-0.1, -0.05) is 28.1 Å². The molecule has 1 aromatic carbocycles. The lowest BCUT2D eigenvalue weighted by Gasteiger charge is -2.22. The van der Waals surface area contributed by atoms with Crippen molar-refractivity contribution in [3.05, 3.63) is 34.3 Å². The number of halogens is 1. The molecule has 2 rings (SSSR count). The molecule has 0 aliphatic heterocycles. The maximum Gasteiger partial charge on any atom is 0.232 e. The summed E-state index contributed by atoms with van der Waals surface area (Å²) in [5.74, 6) is 0.261. The van der Waals surface area contributed by atoms with E-state index in [1.165, 1.54) is 0 Å². The van der Waals surface area contributed by atoms with E-state index in [4.69, 9.17) is 0 Å². The molecule has 0 heterocycles. The molecule has 1 saturated carbocycles. The maximum absolute atomic E-state index is 12.3. The molecule has 0 saturated heterocycles. The number of rotatable bonds is 3. The molecule has 2 nitrogen and oxygen atoms in total. The first kappa shape index (κ1) is 11.6. The van der Waals surface area contributed by atoms with Gasteiger partial charge in [-0.15, -0.1) is 0 Å². The zero-order chi connectivity index (χ0) is 11.8. The number of amides is 1. The van der Waals surface area contributed by atoms with Crippen molar-refractivity contribution >= 4 is 21.8 Å². The molecule has 0 radical (unpaired) electrons. The smallest absolute Gasteiger partial charge is 0.232 e. The first-order valence-corrected chi connectivity index (χ1v) is 6.41. The lowest BCUT2D eigenvalue weighted by molar-refractivity contribution is -0.132. The van der Waals surface area contributed by atoms with Crippen molar-refractivity contribution in [1.29, 1.82) is 0 Å².